The van der Waals surface area contributed by atoms with Crippen LogP contribution in [0.5, 0.6) is 5.75 Å². The van der Waals surface area contributed by atoms with Crippen LogP contribution in [0.2, 0.25) is 0 Å². The van der Waals surface area contributed by atoms with Gasteiger partial charge in [-0.1, -0.05) is 36.4 Å². The van der Waals surface area contributed by atoms with E-state index in [4.69, 9.17) is 0 Å². The number of nitrogens with zero attached hydrogens (tertiary/aromatic N) is 1. The molecule has 2 aliphatic carbocycles. The number of carbonyl (C=O) groups is 3. The van der Waals surface area contributed by atoms with Crippen LogP contribution in [0.1, 0.15) is 16.8 Å². The zero-order chi connectivity index (χ0) is 18.0. The third-order valence-corrected chi connectivity index (χ3v) is 5.79. The summed E-state index contributed by atoms with van der Waals surface area (Å²) in [6, 6.07) is 10.4. The minimum absolute atomic E-state index is 0.0301. The SMILES string of the molecule is O=C(NN1C(=O)[C@H]2[C@H](C1=O)[C@H]1C=C[C@@H]2C1)c1cc2ccccc2cc1O. The lowest BCUT2D eigenvalue weighted by Crippen LogP contribution is -2.47. The zero-order valence-electron chi connectivity index (χ0n) is 13.8. The number of rotatable bonds is 2. The highest BCUT2D eigenvalue weighted by Crippen LogP contribution is 2.52. The summed E-state index contributed by atoms with van der Waals surface area (Å²) in [5.74, 6) is -2.16. The van der Waals surface area contributed by atoms with Gasteiger partial charge in [-0.05, 0) is 41.2 Å². The predicted molar refractivity (Wildman–Crippen MR) is 92.6 cm³/mol. The second-order valence-corrected chi connectivity index (χ2v) is 7.17. The number of carbonyl (C=O) groups excluding carboxylic acids is 3. The fourth-order valence-corrected chi connectivity index (χ4v) is 4.58. The highest BCUT2D eigenvalue weighted by atomic mass is 16.3. The number of hydrogen-bond donors (Lipinski definition) is 2. The molecule has 2 bridgehead atoms. The molecule has 3 amide bonds. The molecule has 3 aliphatic rings. The van der Waals surface area contributed by atoms with Crippen LogP contribution < -0.4 is 5.43 Å². The minimum Gasteiger partial charge on any atom is -0.507 e. The summed E-state index contributed by atoms with van der Waals surface area (Å²) in [6.45, 7) is 0. The molecule has 26 heavy (non-hydrogen) atoms. The topological polar surface area (TPSA) is 86.7 Å². The normalized spacial score (nSPS) is 28.8. The van der Waals surface area contributed by atoms with Crippen molar-refractivity contribution in [3.63, 3.8) is 0 Å². The lowest BCUT2D eigenvalue weighted by atomic mass is 9.85. The van der Waals surface area contributed by atoms with Crippen LogP contribution in [-0.2, 0) is 9.59 Å². The summed E-state index contributed by atoms with van der Waals surface area (Å²) in [6.07, 6.45) is 4.83. The number of nitrogens with one attached hydrogen (secondary N) is 1. The van der Waals surface area contributed by atoms with Gasteiger partial charge in [0.1, 0.15) is 5.75 Å². The Bertz CT molecular complexity index is 982. The van der Waals surface area contributed by atoms with E-state index in [1.807, 2.05) is 36.4 Å². The van der Waals surface area contributed by atoms with Gasteiger partial charge in [0.15, 0.2) is 0 Å². The zero-order valence-corrected chi connectivity index (χ0v) is 13.8. The van der Waals surface area contributed by atoms with E-state index in [2.05, 4.69) is 5.43 Å². The second-order valence-electron chi connectivity index (χ2n) is 7.17. The van der Waals surface area contributed by atoms with E-state index in [9.17, 15) is 19.5 Å². The Hall–Kier alpha value is -3.15. The van der Waals surface area contributed by atoms with Crippen molar-refractivity contribution in [2.45, 2.75) is 6.42 Å². The molecule has 5 rings (SSSR count). The number of phenolic OH excluding ortho intramolecular Hbond substituents is 1. The van der Waals surface area contributed by atoms with Gasteiger partial charge in [0.05, 0.1) is 17.4 Å². The number of hydrogen-bond acceptors (Lipinski definition) is 4. The molecule has 4 atom stereocenters. The van der Waals surface area contributed by atoms with Crippen LogP contribution in [0.25, 0.3) is 10.8 Å². The lowest BCUT2D eigenvalue weighted by molar-refractivity contribution is -0.143. The van der Waals surface area contributed by atoms with Crippen molar-refractivity contribution >= 4 is 28.5 Å². The molecule has 1 saturated carbocycles. The van der Waals surface area contributed by atoms with Crippen LogP contribution in [-0.4, -0.2) is 27.8 Å². The number of allylic oxidation sites excluding steroid dienone is 2. The number of phenols is 1. The third kappa shape index (κ3) is 1.95. The summed E-state index contributed by atoms with van der Waals surface area (Å²) in [4.78, 5) is 37.9. The van der Waals surface area contributed by atoms with E-state index < -0.39 is 5.91 Å². The molecule has 0 unspecified atom stereocenters. The van der Waals surface area contributed by atoms with Crippen molar-refractivity contribution < 1.29 is 19.5 Å². The van der Waals surface area contributed by atoms with Gasteiger partial charge in [-0.25, -0.2) is 0 Å². The summed E-state index contributed by atoms with van der Waals surface area (Å²) in [7, 11) is 0. The van der Waals surface area contributed by atoms with Crippen LogP contribution in [0.4, 0.5) is 0 Å². The summed E-state index contributed by atoms with van der Waals surface area (Å²) < 4.78 is 0. The monoisotopic (exact) mass is 348 g/mol. The van der Waals surface area contributed by atoms with Crippen LogP contribution in [0.15, 0.2) is 48.6 Å². The molecule has 2 N–H and O–H groups in total. The fraction of sp³-hybridized carbons (Fsp3) is 0.250. The average molecular weight is 348 g/mol. The van der Waals surface area contributed by atoms with Crippen molar-refractivity contribution in [1.82, 2.24) is 10.4 Å². The van der Waals surface area contributed by atoms with E-state index in [-0.39, 0.29) is 46.8 Å². The van der Waals surface area contributed by atoms with Gasteiger partial charge >= 0.3 is 0 Å². The fourth-order valence-electron chi connectivity index (χ4n) is 4.58. The quantitative estimate of drug-likeness (QED) is 0.642. The van der Waals surface area contributed by atoms with E-state index in [0.29, 0.717) is 0 Å². The highest BCUT2D eigenvalue weighted by molar-refractivity contribution is 6.09. The first-order chi connectivity index (χ1) is 12.5. The average Bonchev–Trinajstić information content (AvgIpc) is 3.31. The molecule has 1 heterocycles. The minimum atomic E-state index is -0.671. The van der Waals surface area contributed by atoms with Crippen molar-refractivity contribution in [3.05, 3.63) is 54.1 Å². The molecule has 2 aromatic carbocycles. The molecule has 2 fully saturated rings. The first-order valence-electron chi connectivity index (χ1n) is 8.63. The second kappa shape index (κ2) is 5.17. The summed E-state index contributed by atoms with van der Waals surface area (Å²) in [5.41, 5.74) is 2.44. The van der Waals surface area contributed by atoms with Gasteiger partial charge < -0.3 is 5.11 Å². The molecule has 1 saturated heterocycles. The molecular weight excluding hydrogens is 332 g/mol. The maximum Gasteiger partial charge on any atom is 0.274 e. The van der Waals surface area contributed by atoms with E-state index >= 15 is 0 Å². The Morgan fingerprint density at radius 1 is 1.00 bits per heavy atom. The number of benzene rings is 2. The van der Waals surface area contributed by atoms with Gasteiger partial charge in [0.25, 0.3) is 17.7 Å². The Labute approximate surface area is 149 Å². The van der Waals surface area contributed by atoms with Crippen molar-refractivity contribution in [3.8, 4) is 5.75 Å². The smallest absolute Gasteiger partial charge is 0.274 e. The largest absolute Gasteiger partial charge is 0.507 e. The number of imide groups is 1. The Kier molecular flexibility index (Phi) is 3.01. The van der Waals surface area contributed by atoms with Crippen molar-refractivity contribution in [1.29, 1.82) is 0 Å². The van der Waals surface area contributed by atoms with E-state index in [1.165, 1.54) is 6.07 Å². The lowest BCUT2D eigenvalue weighted by Gasteiger charge is -2.18. The molecule has 2 aromatic rings. The van der Waals surface area contributed by atoms with Crippen LogP contribution in [0, 0.1) is 23.7 Å². The van der Waals surface area contributed by atoms with Crippen molar-refractivity contribution in [2.24, 2.45) is 23.7 Å². The molecule has 0 aromatic heterocycles. The number of amides is 3. The Balaban J connectivity index is 1.44. The van der Waals surface area contributed by atoms with E-state index in [0.717, 1.165) is 22.2 Å². The first kappa shape index (κ1) is 15.1. The predicted octanol–water partition coefficient (Wildman–Crippen LogP) is 2.00. The molecular formula is C20H16N2O4. The Morgan fingerprint density at radius 3 is 2.19 bits per heavy atom. The molecule has 6 heteroatoms. The molecule has 130 valence electrons. The Morgan fingerprint density at radius 2 is 1.58 bits per heavy atom. The standard InChI is InChI=1S/C20H16N2O4/c23-15-9-11-4-2-1-3-10(11)8-14(15)18(24)21-22-19(25)16-12-5-6-13(7-12)17(16)20(22)26/h1-6,8-9,12-13,16-17,23H,7H2,(H,21,24)/t12-,13+,16-,17-/m1/s1. The summed E-state index contributed by atoms with van der Waals surface area (Å²) in [5, 5.41) is 12.6. The van der Waals surface area contributed by atoms with Gasteiger partial charge in [0, 0.05) is 0 Å². The molecule has 0 spiro atoms. The van der Waals surface area contributed by atoms with E-state index in [1.54, 1.807) is 6.07 Å². The number of fused-ring (bicyclic) bond motifs is 6. The highest BCUT2D eigenvalue weighted by Gasteiger charge is 2.59. The molecule has 1 aliphatic heterocycles. The maximum atomic E-state index is 12.6. The number of hydrazine groups is 1. The maximum absolute atomic E-state index is 12.6. The van der Waals surface area contributed by atoms with Crippen LogP contribution >= 0.6 is 0 Å². The van der Waals surface area contributed by atoms with Gasteiger partial charge in [-0.3, -0.25) is 19.8 Å². The van der Waals surface area contributed by atoms with Gasteiger partial charge in [-0.2, -0.15) is 5.01 Å². The third-order valence-electron chi connectivity index (χ3n) is 5.79. The molecule has 0 radical (unpaired) electrons. The van der Waals surface area contributed by atoms with Gasteiger partial charge in [-0.15, -0.1) is 0 Å². The van der Waals surface area contributed by atoms with Gasteiger partial charge in [0.2, 0.25) is 0 Å². The summed E-state index contributed by atoms with van der Waals surface area (Å²) >= 11 is 0. The molecule has 6 nitrogen and oxygen atoms in total. The van der Waals surface area contributed by atoms with Crippen LogP contribution in [0.3, 0.4) is 0 Å². The van der Waals surface area contributed by atoms with Crippen molar-refractivity contribution in [2.75, 3.05) is 0 Å². The number of aromatic hydroxyl groups is 1. The first-order valence-corrected chi connectivity index (χ1v) is 8.63.